The molecule has 1 aliphatic rings. The number of benzene rings is 2. The largest absolute Gasteiger partial charge is 0.455 e. The molecular formula is C25H27ClN4O2. The van der Waals surface area contributed by atoms with Crippen LogP contribution in [0.3, 0.4) is 0 Å². The minimum atomic E-state index is -0.250. The van der Waals surface area contributed by atoms with Crippen LogP contribution in [0.1, 0.15) is 18.4 Å². The van der Waals surface area contributed by atoms with Gasteiger partial charge in [0.2, 0.25) is 0 Å². The molecule has 0 bridgehead atoms. The van der Waals surface area contributed by atoms with E-state index in [4.69, 9.17) is 16.3 Å². The van der Waals surface area contributed by atoms with E-state index in [0.29, 0.717) is 22.2 Å². The van der Waals surface area contributed by atoms with Gasteiger partial charge < -0.3 is 20.3 Å². The van der Waals surface area contributed by atoms with Gasteiger partial charge >= 0.3 is 6.03 Å². The molecule has 6 nitrogen and oxygen atoms in total. The van der Waals surface area contributed by atoms with Crippen LogP contribution in [-0.2, 0) is 6.42 Å². The van der Waals surface area contributed by atoms with Crippen molar-refractivity contribution in [2.24, 2.45) is 0 Å². The van der Waals surface area contributed by atoms with Gasteiger partial charge in [0.15, 0.2) is 5.75 Å². The Morgan fingerprint density at radius 2 is 1.81 bits per heavy atom. The first-order valence-electron chi connectivity index (χ1n) is 10.9. The zero-order valence-corrected chi connectivity index (χ0v) is 18.6. The summed E-state index contributed by atoms with van der Waals surface area (Å²) in [5, 5.41) is 6.52. The number of likely N-dealkylation sites (tertiary alicyclic amines) is 1. The number of halogens is 1. The van der Waals surface area contributed by atoms with Crippen molar-refractivity contribution in [3.05, 3.63) is 83.6 Å². The van der Waals surface area contributed by atoms with Crippen molar-refractivity contribution < 1.29 is 9.53 Å². The summed E-state index contributed by atoms with van der Waals surface area (Å²) < 4.78 is 5.92. The predicted molar refractivity (Wildman–Crippen MR) is 128 cm³/mol. The molecule has 1 saturated heterocycles. The molecule has 32 heavy (non-hydrogen) atoms. The molecule has 0 spiro atoms. The summed E-state index contributed by atoms with van der Waals surface area (Å²) in [5.74, 6) is 1.24. The normalized spacial score (nSPS) is 14.7. The third kappa shape index (κ3) is 6.45. The van der Waals surface area contributed by atoms with E-state index in [-0.39, 0.29) is 12.1 Å². The Morgan fingerprint density at radius 3 is 2.56 bits per heavy atom. The van der Waals surface area contributed by atoms with E-state index in [1.165, 1.54) is 5.56 Å². The molecule has 0 saturated carbocycles. The molecule has 2 aromatic carbocycles. The van der Waals surface area contributed by atoms with E-state index < -0.39 is 0 Å². The fourth-order valence-corrected chi connectivity index (χ4v) is 3.96. The molecule has 4 rings (SSSR count). The molecule has 3 aromatic rings. The first kappa shape index (κ1) is 22.1. The summed E-state index contributed by atoms with van der Waals surface area (Å²) in [4.78, 5) is 19.2. The lowest BCUT2D eigenvalue weighted by Gasteiger charge is -2.32. The number of pyridine rings is 1. The lowest BCUT2D eigenvalue weighted by Crippen LogP contribution is -2.46. The molecule has 1 aliphatic heterocycles. The molecule has 1 fully saturated rings. The van der Waals surface area contributed by atoms with Crippen LogP contribution in [-0.4, -0.2) is 41.6 Å². The summed E-state index contributed by atoms with van der Waals surface area (Å²) >= 11 is 6.15. The highest BCUT2D eigenvalue weighted by Gasteiger charge is 2.21. The minimum absolute atomic E-state index is 0.143. The van der Waals surface area contributed by atoms with Crippen LogP contribution in [0.15, 0.2) is 73.1 Å². The number of ether oxygens (including phenoxy) is 1. The number of hydrogen-bond donors (Lipinski definition) is 2. The number of rotatable bonds is 7. The van der Waals surface area contributed by atoms with E-state index in [9.17, 15) is 4.79 Å². The van der Waals surface area contributed by atoms with Gasteiger partial charge in [-0.15, -0.1) is 0 Å². The maximum atomic E-state index is 12.6. The standard InChI is InChI=1S/C25H27ClN4O2/c26-20-6-7-24(32-22-4-2-1-3-5-22)23(18-20)29-25(31)28-21-11-16-30(17-12-21)15-10-19-8-13-27-14-9-19/h1-9,13-14,18,21H,10-12,15-17H2,(H2,28,29,31). The maximum absolute atomic E-state index is 12.6. The number of piperidine rings is 1. The number of amides is 2. The van der Waals surface area contributed by atoms with Crippen LogP contribution < -0.4 is 15.4 Å². The smallest absolute Gasteiger partial charge is 0.319 e. The van der Waals surface area contributed by atoms with Crippen LogP contribution in [0, 0.1) is 0 Å². The monoisotopic (exact) mass is 450 g/mol. The highest BCUT2D eigenvalue weighted by Crippen LogP contribution is 2.32. The van der Waals surface area contributed by atoms with Crippen molar-refractivity contribution in [1.29, 1.82) is 0 Å². The Balaban J connectivity index is 1.27. The van der Waals surface area contributed by atoms with Crippen molar-refractivity contribution in [3.8, 4) is 11.5 Å². The number of nitrogens with zero attached hydrogens (tertiary/aromatic N) is 2. The summed E-state index contributed by atoms with van der Waals surface area (Å²) in [6.45, 7) is 2.96. The van der Waals surface area contributed by atoms with E-state index in [0.717, 1.165) is 38.9 Å². The fourth-order valence-electron chi connectivity index (χ4n) is 3.79. The Hall–Kier alpha value is -3.09. The van der Waals surface area contributed by atoms with Crippen LogP contribution in [0.25, 0.3) is 0 Å². The zero-order chi connectivity index (χ0) is 22.2. The molecule has 2 amide bonds. The predicted octanol–water partition coefficient (Wildman–Crippen LogP) is 5.36. The third-order valence-electron chi connectivity index (χ3n) is 5.55. The SMILES string of the molecule is O=C(Nc1cc(Cl)ccc1Oc1ccccc1)NC1CCN(CCc2ccncc2)CC1. The summed E-state index contributed by atoms with van der Waals surface area (Å²) in [5.41, 5.74) is 1.84. The minimum Gasteiger partial charge on any atom is -0.455 e. The molecule has 0 aliphatic carbocycles. The van der Waals surface area contributed by atoms with Crippen molar-refractivity contribution >= 4 is 23.3 Å². The second-order valence-electron chi connectivity index (χ2n) is 7.88. The highest BCUT2D eigenvalue weighted by molar-refractivity contribution is 6.31. The topological polar surface area (TPSA) is 66.5 Å². The van der Waals surface area contributed by atoms with Gasteiger partial charge in [0.05, 0.1) is 5.69 Å². The van der Waals surface area contributed by atoms with Crippen molar-refractivity contribution in [3.63, 3.8) is 0 Å². The second-order valence-corrected chi connectivity index (χ2v) is 8.31. The lowest BCUT2D eigenvalue weighted by atomic mass is 10.0. The summed E-state index contributed by atoms with van der Waals surface area (Å²) in [6.07, 6.45) is 6.53. The van der Waals surface area contributed by atoms with Gasteiger partial charge in [-0.25, -0.2) is 4.79 Å². The van der Waals surface area contributed by atoms with Gasteiger partial charge in [0.1, 0.15) is 5.75 Å². The summed E-state index contributed by atoms with van der Waals surface area (Å²) in [6, 6.07) is 18.6. The van der Waals surface area contributed by atoms with Gasteiger partial charge in [-0.1, -0.05) is 29.8 Å². The quantitative estimate of drug-likeness (QED) is 0.508. The Kier molecular flexibility index (Phi) is 7.59. The first-order valence-corrected chi connectivity index (χ1v) is 11.2. The Morgan fingerprint density at radius 1 is 1.06 bits per heavy atom. The molecule has 7 heteroatoms. The number of carbonyl (C=O) groups is 1. The van der Waals surface area contributed by atoms with Gasteiger partial charge in [-0.05, 0) is 67.3 Å². The van der Waals surface area contributed by atoms with Crippen molar-refractivity contribution in [2.45, 2.75) is 25.3 Å². The number of urea groups is 1. The van der Waals surface area contributed by atoms with E-state index >= 15 is 0 Å². The van der Waals surface area contributed by atoms with Crippen LogP contribution >= 0.6 is 11.6 Å². The first-order chi connectivity index (χ1) is 15.7. The van der Waals surface area contributed by atoms with Crippen molar-refractivity contribution in [2.75, 3.05) is 25.0 Å². The molecule has 0 radical (unpaired) electrons. The number of carbonyl (C=O) groups excluding carboxylic acids is 1. The molecule has 2 N–H and O–H groups in total. The van der Waals surface area contributed by atoms with Crippen LogP contribution in [0.5, 0.6) is 11.5 Å². The molecule has 0 unspecified atom stereocenters. The zero-order valence-electron chi connectivity index (χ0n) is 17.8. The summed E-state index contributed by atoms with van der Waals surface area (Å²) in [7, 11) is 0. The van der Waals surface area contributed by atoms with E-state index in [1.54, 1.807) is 18.2 Å². The third-order valence-corrected chi connectivity index (χ3v) is 5.78. The lowest BCUT2D eigenvalue weighted by molar-refractivity contribution is 0.197. The van der Waals surface area contributed by atoms with E-state index in [1.807, 2.05) is 42.7 Å². The average molecular weight is 451 g/mol. The van der Waals surface area contributed by atoms with Gasteiger partial charge in [0.25, 0.3) is 0 Å². The molecule has 0 atom stereocenters. The molecule has 166 valence electrons. The number of aromatic nitrogens is 1. The van der Waals surface area contributed by atoms with Gasteiger partial charge in [-0.3, -0.25) is 4.98 Å². The maximum Gasteiger partial charge on any atom is 0.319 e. The Bertz CT molecular complexity index is 1010. The Labute approximate surface area is 193 Å². The fraction of sp³-hybridized carbons (Fsp3) is 0.280. The van der Waals surface area contributed by atoms with E-state index in [2.05, 4.69) is 32.7 Å². The number of anilines is 1. The number of hydrogen-bond acceptors (Lipinski definition) is 4. The molecule has 2 heterocycles. The van der Waals surface area contributed by atoms with Crippen LogP contribution in [0.2, 0.25) is 5.02 Å². The molecule has 1 aromatic heterocycles. The van der Waals surface area contributed by atoms with Crippen molar-refractivity contribution in [1.82, 2.24) is 15.2 Å². The molecular weight excluding hydrogens is 424 g/mol. The highest BCUT2D eigenvalue weighted by atomic mass is 35.5. The number of nitrogens with one attached hydrogen (secondary N) is 2. The average Bonchev–Trinajstić information content (AvgIpc) is 2.82. The van der Waals surface area contributed by atoms with Gasteiger partial charge in [0, 0.05) is 43.1 Å². The number of para-hydroxylation sites is 1. The van der Waals surface area contributed by atoms with Gasteiger partial charge in [-0.2, -0.15) is 0 Å². The van der Waals surface area contributed by atoms with Crippen LogP contribution in [0.4, 0.5) is 10.5 Å². The second kappa shape index (κ2) is 11.0.